The number of ether oxygens (including phenoxy) is 2. The number of allylic oxidation sites excluding steroid dienone is 1. The van der Waals surface area contributed by atoms with Crippen LogP contribution in [-0.4, -0.2) is 42.3 Å². The largest absolute Gasteiger partial charge is 0.496 e. The van der Waals surface area contributed by atoms with Crippen LogP contribution in [0.5, 0.6) is 5.75 Å². The Morgan fingerprint density at radius 1 is 1.29 bits per heavy atom. The predicted molar refractivity (Wildman–Crippen MR) is 126 cm³/mol. The van der Waals surface area contributed by atoms with Crippen LogP contribution < -0.4 is 10.1 Å². The highest BCUT2D eigenvalue weighted by atomic mass is 19.3. The number of rotatable bonds is 7. The number of fused-ring (bicyclic) bond motifs is 1. The number of aryl methyl sites for hydroxylation is 1. The van der Waals surface area contributed by atoms with Gasteiger partial charge < -0.3 is 19.9 Å². The second-order valence-electron chi connectivity index (χ2n) is 8.74. The van der Waals surface area contributed by atoms with Crippen molar-refractivity contribution in [1.29, 1.82) is 0 Å². The van der Waals surface area contributed by atoms with E-state index in [1.807, 2.05) is 6.92 Å². The molecular formula is C26H30F2N2O4. The highest BCUT2D eigenvalue weighted by Gasteiger charge is 2.40. The van der Waals surface area contributed by atoms with Crippen LogP contribution in [0.25, 0.3) is 0 Å². The Hall–Kier alpha value is -2.97. The average molecular weight is 473 g/mol. The van der Waals surface area contributed by atoms with Gasteiger partial charge in [0.05, 0.1) is 30.0 Å². The molecule has 0 spiro atoms. The minimum absolute atomic E-state index is 0.0465. The normalized spacial score (nSPS) is 21.6. The monoisotopic (exact) mass is 472 g/mol. The highest BCUT2D eigenvalue weighted by Crippen LogP contribution is 2.46. The van der Waals surface area contributed by atoms with Gasteiger partial charge >= 0.3 is 5.97 Å². The molecule has 182 valence electrons. The molecular weight excluding hydrogens is 442 g/mol. The van der Waals surface area contributed by atoms with Gasteiger partial charge in [0, 0.05) is 43.6 Å². The second kappa shape index (κ2) is 9.72. The van der Waals surface area contributed by atoms with E-state index in [1.165, 1.54) is 13.3 Å². The van der Waals surface area contributed by atoms with E-state index in [9.17, 15) is 9.90 Å². The summed E-state index contributed by atoms with van der Waals surface area (Å²) < 4.78 is 41.7. The van der Waals surface area contributed by atoms with Crippen molar-refractivity contribution in [2.24, 2.45) is 0 Å². The lowest BCUT2D eigenvalue weighted by Crippen LogP contribution is -2.40. The van der Waals surface area contributed by atoms with Crippen molar-refractivity contribution in [1.82, 2.24) is 4.90 Å². The number of anilines is 1. The fourth-order valence-corrected chi connectivity index (χ4v) is 4.99. The topological polar surface area (TPSA) is 71.0 Å². The van der Waals surface area contributed by atoms with Gasteiger partial charge in [0.15, 0.2) is 0 Å². The molecule has 6 nitrogen and oxygen atoms in total. The molecule has 0 aromatic heterocycles. The van der Waals surface area contributed by atoms with E-state index in [-0.39, 0.29) is 29.8 Å². The molecule has 0 radical (unpaired) electrons. The summed E-state index contributed by atoms with van der Waals surface area (Å²) in [7, 11) is 1.50. The molecule has 2 atom stereocenters. The Kier molecular flexibility index (Phi) is 6.91. The number of nitrogens with one attached hydrogen (secondary N) is 1. The van der Waals surface area contributed by atoms with E-state index < -0.39 is 11.9 Å². The van der Waals surface area contributed by atoms with Crippen molar-refractivity contribution in [2.45, 2.75) is 51.3 Å². The first-order chi connectivity index (χ1) is 16.2. The Morgan fingerprint density at radius 3 is 2.68 bits per heavy atom. The number of methoxy groups -OCH3 is 1. The van der Waals surface area contributed by atoms with Crippen molar-refractivity contribution < 1.29 is 28.2 Å². The van der Waals surface area contributed by atoms with Crippen molar-refractivity contribution in [3.8, 4) is 5.75 Å². The molecule has 2 N–H and O–H groups in total. The van der Waals surface area contributed by atoms with Crippen molar-refractivity contribution in [2.75, 3.05) is 25.6 Å². The van der Waals surface area contributed by atoms with Crippen LogP contribution >= 0.6 is 0 Å². The zero-order valence-corrected chi connectivity index (χ0v) is 19.6. The van der Waals surface area contributed by atoms with Crippen LogP contribution in [0.2, 0.25) is 0 Å². The van der Waals surface area contributed by atoms with Gasteiger partial charge in [-0.1, -0.05) is 12.1 Å². The molecule has 0 unspecified atom stereocenters. The standard InChI is InChI=1S/C26H30F2N2O4/c1-4-34-19-9-12-30(21(14-19)17-5-7-18(8-6-17)25(31)32)15-20-22(33-3)13-16(2)24-23(20)26(27,28)10-11-29-24/h5-8,10-11,13,19,21,29H,4,9,12,14-15H2,1-3H3,(H,31,32)/t19-,21-/m0/s1. The van der Waals surface area contributed by atoms with Crippen LogP contribution in [-0.2, 0) is 17.2 Å². The number of nitrogens with zero attached hydrogens (tertiary/aromatic N) is 1. The van der Waals surface area contributed by atoms with E-state index in [1.54, 1.807) is 37.3 Å². The van der Waals surface area contributed by atoms with Gasteiger partial charge in [-0.05, 0) is 56.0 Å². The van der Waals surface area contributed by atoms with Crippen LogP contribution in [0.4, 0.5) is 14.5 Å². The number of hydrogen-bond donors (Lipinski definition) is 2. The van der Waals surface area contributed by atoms with Crippen molar-refractivity contribution in [3.63, 3.8) is 0 Å². The summed E-state index contributed by atoms with van der Waals surface area (Å²) in [5, 5.41) is 12.2. The van der Waals surface area contributed by atoms with Gasteiger partial charge in [-0.25, -0.2) is 4.79 Å². The number of hydrogen-bond acceptors (Lipinski definition) is 5. The number of piperidine rings is 1. The SMILES string of the molecule is CCO[C@H]1CCN(Cc2c(OC)cc(C)c3c2C(F)(F)C=CN3)[C@H](c2ccc(C(=O)O)cc2)C1. The molecule has 1 fully saturated rings. The fourth-order valence-electron chi connectivity index (χ4n) is 4.99. The van der Waals surface area contributed by atoms with Gasteiger partial charge in [0.2, 0.25) is 0 Å². The van der Waals surface area contributed by atoms with Crippen LogP contribution in [0.3, 0.4) is 0 Å². The molecule has 0 bridgehead atoms. The molecule has 34 heavy (non-hydrogen) atoms. The van der Waals surface area contributed by atoms with Crippen molar-refractivity contribution >= 4 is 11.7 Å². The summed E-state index contributed by atoms with van der Waals surface area (Å²) in [6, 6.07) is 8.44. The van der Waals surface area contributed by atoms with E-state index in [0.717, 1.165) is 18.1 Å². The smallest absolute Gasteiger partial charge is 0.335 e. The number of carboxylic acids is 1. The summed E-state index contributed by atoms with van der Waals surface area (Å²) >= 11 is 0. The Labute approximate surface area is 198 Å². The van der Waals surface area contributed by atoms with E-state index in [4.69, 9.17) is 9.47 Å². The first-order valence-corrected chi connectivity index (χ1v) is 11.5. The Morgan fingerprint density at radius 2 is 2.03 bits per heavy atom. The molecule has 2 aromatic rings. The van der Waals surface area contributed by atoms with E-state index in [0.29, 0.717) is 42.1 Å². The number of halogens is 2. The van der Waals surface area contributed by atoms with E-state index in [2.05, 4.69) is 10.2 Å². The van der Waals surface area contributed by atoms with Crippen molar-refractivity contribution in [3.05, 3.63) is 70.4 Å². The van der Waals surface area contributed by atoms with Crippen LogP contribution in [0, 0.1) is 6.92 Å². The number of alkyl halides is 2. The van der Waals surface area contributed by atoms with Gasteiger partial charge in [0.1, 0.15) is 5.75 Å². The molecule has 2 aliphatic rings. The zero-order chi connectivity index (χ0) is 24.5. The number of carbonyl (C=O) groups is 1. The number of likely N-dealkylation sites (tertiary alicyclic amines) is 1. The number of carboxylic acid groups (broad SMARTS) is 1. The summed E-state index contributed by atoms with van der Waals surface area (Å²) in [6.45, 7) is 5.25. The molecule has 8 heteroatoms. The molecule has 0 aliphatic carbocycles. The predicted octanol–water partition coefficient (Wildman–Crippen LogP) is 5.48. The van der Waals surface area contributed by atoms with Crippen LogP contribution in [0.15, 0.2) is 42.6 Å². The minimum Gasteiger partial charge on any atom is -0.496 e. The van der Waals surface area contributed by atoms with Gasteiger partial charge in [-0.15, -0.1) is 0 Å². The maximum atomic E-state index is 15.1. The molecule has 1 saturated heterocycles. The molecule has 2 aromatic carbocycles. The Balaban J connectivity index is 1.74. The lowest BCUT2D eigenvalue weighted by molar-refractivity contribution is -0.0148. The molecule has 4 rings (SSSR count). The molecule has 0 amide bonds. The highest BCUT2D eigenvalue weighted by molar-refractivity contribution is 5.87. The van der Waals surface area contributed by atoms with Gasteiger partial charge in [-0.3, -0.25) is 4.90 Å². The zero-order valence-electron chi connectivity index (χ0n) is 19.6. The second-order valence-corrected chi connectivity index (χ2v) is 8.74. The lowest BCUT2D eigenvalue weighted by Gasteiger charge is -2.40. The summed E-state index contributed by atoms with van der Waals surface area (Å²) in [6.07, 6.45) is 3.67. The van der Waals surface area contributed by atoms with Gasteiger partial charge in [-0.2, -0.15) is 8.78 Å². The molecule has 0 saturated carbocycles. The third-order valence-electron chi connectivity index (χ3n) is 6.64. The molecule has 2 heterocycles. The quantitative estimate of drug-likeness (QED) is 0.557. The van der Waals surface area contributed by atoms with Gasteiger partial charge in [0.25, 0.3) is 5.92 Å². The number of benzene rings is 2. The maximum absolute atomic E-state index is 15.1. The summed E-state index contributed by atoms with van der Waals surface area (Å²) in [5.74, 6) is -3.68. The maximum Gasteiger partial charge on any atom is 0.335 e. The first-order valence-electron chi connectivity index (χ1n) is 11.5. The van der Waals surface area contributed by atoms with E-state index >= 15 is 8.78 Å². The minimum atomic E-state index is -3.13. The average Bonchev–Trinajstić information content (AvgIpc) is 2.81. The van der Waals surface area contributed by atoms with Crippen LogP contribution in [0.1, 0.15) is 58.4 Å². The Bertz CT molecular complexity index is 1090. The summed E-state index contributed by atoms with van der Waals surface area (Å²) in [4.78, 5) is 13.5. The molecule has 2 aliphatic heterocycles. The number of aromatic carboxylic acids is 1. The lowest BCUT2D eigenvalue weighted by atomic mass is 9.89. The third-order valence-corrected chi connectivity index (χ3v) is 6.64. The third kappa shape index (κ3) is 4.65. The first kappa shape index (κ1) is 24.2. The summed E-state index contributed by atoms with van der Waals surface area (Å²) in [5.41, 5.74) is 2.63. The fraction of sp³-hybridized carbons (Fsp3) is 0.423.